The minimum atomic E-state index is -3.75. The molecule has 3 heterocycles. The number of ether oxygens (including phenoxy) is 7. The van der Waals surface area contributed by atoms with Crippen LogP contribution in [0.5, 0.6) is 0 Å². The zero-order valence-electron chi connectivity index (χ0n) is 62.5. The van der Waals surface area contributed by atoms with Crippen LogP contribution >= 0.6 is 7.82 Å². The fourth-order valence-electron chi connectivity index (χ4n) is 11.0. The maximum absolute atomic E-state index is 13.8. The van der Waals surface area contributed by atoms with E-state index in [1.54, 1.807) is 27.9 Å². The van der Waals surface area contributed by atoms with E-state index in [0.717, 1.165) is 32.8 Å². The minimum Gasteiger partial charge on any atom is -0.394 e. The molecule has 0 radical (unpaired) electrons. The number of unbranched alkanes of at least 4 members (excludes halogenated alkanes) is 3. The number of amides is 8. The first-order valence-corrected chi connectivity index (χ1v) is 38.2. The molecular weight excluding hydrogens is 1420 g/mol. The van der Waals surface area contributed by atoms with E-state index in [2.05, 4.69) is 51.6 Å². The summed E-state index contributed by atoms with van der Waals surface area (Å²) < 4.78 is 58.1. The van der Waals surface area contributed by atoms with Gasteiger partial charge in [-0.1, -0.05) is 54.9 Å². The molecule has 38 heteroatoms. The smallest absolute Gasteiger partial charge is 0.394 e. The molecule has 3 saturated heterocycles. The second-order valence-electron chi connectivity index (χ2n) is 25.8. The largest absolute Gasteiger partial charge is 0.471 e. The molecule has 37 nitrogen and oxygen atoms in total. The van der Waals surface area contributed by atoms with E-state index in [0.29, 0.717) is 45.4 Å². The predicted molar refractivity (Wildman–Crippen MR) is 385 cm³/mol. The minimum absolute atomic E-state index is 0. The Balaban J connectivity index is 0.00000618. The van der Waals surface area contributed by atoms with Crippen molar-refractivity contribution in [3.05, 3.63) is 0 Å². The first-order chi connectivity index (χ1) is 50.1. The molecule has 3 aliphatic heterocycles. The summed E-state index contributed by atoms with van der Waals surface area (Å²) in [5, 5.41) is 112. The van der Waals surface area contributed by atoms with E-state index in [1.807, 2.05) is 13.8 Å². The summed E-state index contributed by atoms with van der Waals surface area (Å²) >= 11 is 0. The number of hydrogen-bond acceptors (Lipinski definition) is 28. The average Bonchev–Trinajstić information content (AvgIpc) is 0.824. The molecule has 0 bridgehead atoms. The third kappa shape index (κ3) is 42.4. The molecule has 3 fully saturated rings. The Morgan fingerprint density at radius 1 is 0.406 bits per heavy atom. The van der Waals surface area contributed by atoms with Gasteiger partial charge in [-0.2, -0.15) is 0 Å². The van der Waals surface area contributed by atoms with E-state index in [4.69, 9.17) is 43.8 Å². The number of phosphoric acid groups is 1. The molecular formula is C68H132N9O28P. The van der Waals surface area contributed by atoms with Crippen LogP contribution in [0, 0.1) is 17.8 Å². The Bertz CT molecular complexity index is 2280. The second-order valence-corrected chi connectivity index (χ2v) is 27.3. The fraction of sp³-hybridized carbons (Fsp3) is 0.882. The van der Waals surface area contributed by atoms with Crippen LogP contribution in [0.15, 0.2) is 0 Å². The maximum atomic E-state index is 13.8. The van der Waals surface area contributed by atoms with Crippen LogP contribution in [0.4, 0.5) is 0 Å². The topological polar surface area (TPSA) is 561 Å². The quantitative estimate of drug-likeness (QED) is 0.0226. The van der Waals surface area contributed by atoms with Gasteiger partial charge in [0.2, 0.25) is 47.3 Å². The summed E-state index contributed by atoms with van der Waals surface area (Å²) in [7, 11) is -1.06. The van der Waals surface area contributed by atoms with Gasteiger partial charge in [0.1, 0.15) is 36.6 Å². The fourth-order valence-corrected chi connectivity index (χ4v) is 11.4. The third-order valence-electron chi connectivity index (χ3n) is 17.5. The molecule has 106 heavy (non-hydrogen) atoms. The average molecular weight is 1550 g/mol. The van der Waals surface area contributed by atoms with Crippen molar-refractivity contribution < 1.29 is 136 Å². The van der Waals surface area contributed by atoms with Gasteiger partial charge in [-0.15, -0.1) is 0 Å². The van der Waals surface area contributed by atoms with Crippen LogP contribution in [0.2, 0.25) is 0 Å². The standard InChI is InChI=1S/C58H104N8O24.C7H18NO4P.C2H6.CH4/c1-35-49(78)52(81)38(32-67)88-55(35)85-29-15-45(74)62-24-6-21-59-42(71)12-18-58(66-48(77)11-5-10-41(70)65-27-9-28-84-4,19-13-43(72)60-22-7-25-63-46(75)16-30-86-56-36(2)50(79)53(82)39(33-68)89-56)20-14-44(73)61-23-8-26-64-47(76)17-31-87-57-37(3)51(80)54(83)40(34-69)90-57;1-11-13(9,10)12-7-5-3-2-4-6-8;1-2;/h35-40,49-57,67-69,78-83H,5-34H2,1-4H3,(H,59,71)(H,60,72)(H,61,73)(H,62,74)(H,63,75)(H,64,76)(H,65,70)(H,66,77);2-8H2,1H3,(H,9,10);1-2H3;1H4/t35?,36?,37?,38?,39?,40?,49?,50?,51?,52-,53-,54-,55+,56+,57+,58?;;;/m0.../s1. The number of aliphatic hydroxyl groups excluding tert-OH is 9. The van der Waals surface area contributed by atoms with E-state index in [9.17, 15) is 88.9 Å². The lowest BCUT2D eigenvalue weighted by Crippen LogP contribution is -2.55. The van der Waals surface area contributed by atoms with Crippen LogP contribution in [0.1, 0.15) is 170 Å². The van der Waals surface area contributed by atoms with E-state index in [-0.39, 0.29) is 174 Å². The number of methoxy groups -OCH3 is 1. The van der Waals surface area contributed by atoms with Gasteiger partial charge in [0.15, 0.2) is 18.9 Å². The zero-order valence-corrected chi connectivity index (χ0v) is 63.4. The molecule has 0 aliphatic carbocycles. The Hall–Kier alpha value is -4.81. The Morgan fingerprint density at radius 2 is 0.708 bits per heavy atom. The SMILES string of the molecule is C.CC.COCCCNC(=O)CCCC(=O)NC(CCC(=O)NCCCNC(=O)CCO[C@@H]1OC(CO)[C@H](O)C(O)C1C)(CCC(=O)NCCCNC(=O)CCO[C@@H]1OC(CO)[C@H](O)C(O)C1C)CCC(=O)NCCCNC(=O)CCO[C@@H]1OC(CO)[C@H](O)C(O)C1C.COP(=O)(O)OCCCCCCN. The van der Waals surface area contributed by atoms with E-state index < -0.39 is 148 Å². The highest BCUT2D eigenvalue weighted by atomic mass is 31.2. The molecule has 8 amide bonds. The van der Waals surface area contributed by atoms with Gasteiger partial charge >= 0.3 is 7.82 Å². The van der Waals surface area contributed by atoms with Crippen molar-refractivity contribution in [1.29, 1.82) is 0 Å². The molecule has 10 unspecified atom stereocenters. The number of hydrogen-bond donors (Lipinski definition) is 19. The predicted octanol–water partition coefficient (Wildman–Crippen LogP) is -2.25. The van der Waals surface area contributed by atoms with Gasteiger partial charge in [0, 0.05) is 122 Å². The first kappa shape index (κ1) is 101. The molecule has 0 aromatic carbocycles. The summed E-state index contributed by atoms with van der Waals surface area (Å²) in [5.41, 5.74) is 3.98. The van der Waals surface area contributed by atoms with Crippen LogP contribution in [-0.2, 0) is 85.1 Å². The van der Waals surface area contributed by atoms with Crippen LogP contribution in [0.25, 0.3) is 0 Å². The molecule has 622 valence electrons. The molecule has 3 rings (SSSR count). The van der Waals surface area contributed by atoms with Crippen molar-refractivity contribution in [2.24, 2.45) is 23.5 Å². The summed E-state index contributed by atoms with van der Waals surface area (Å²) in [4.78, 5) is 113. The van der Waals surface area contributed by atoms with Crippen molar-refractivity contribution in [3.8, 4) is 0 Å². The molecule has 0 spiro atoms. The molecule has 3 aliphatic rings. The third-order valence-corrected chi connectivity index (χ3v) is 18.5. The lowest BCUT2D eigenvalue weighted by atomic mass is 9.82. The van der Waals surface area contributed by atoms with E-state index in [1.165, 1.54) is 0 Å². The summed E-state index contributed by atoms with van der Waals surface area (Å²) in [6, 6.07) is 0. The summed E-state index contributed by atoms with van der Waals surface area (Å²) in [6.45, 7) is 9.66. The first-order valence-electron chi connectivity index (χ1n) is 36.7. The Morgan fingerprint density at radius 3 is 1.02 bits per heavy atom. The number of nitrogens with one attached hydrogen (secondary N) is 8. The number of nitrogens with two attached hydrogens (primary N) is 1. The molecule has 0 saturated carbocycles. The zero-order chi connectivity index (χ0) is 78.8. The maximum Gasteiger partial charge on any atom is 0.471 e. The number of aliphatic hydroxyl groups is 9. The van der Waals surface area contributed by atoms with Gasteiger partial charge in [-0.25, -0.2) is 4.57 Å². The highest BCUT2D eigenvalue weighted by Crippen LogP contribution is 2.42. The number of carbonyl (C=O) groups is 8. The monoisotopic (exact) mass is 1550 g/mol. The number of phosphoric ester groups is 1. The lowest BCUT2D eigenvalue weighted by molar-refractivity contribution is -0.282. The van der Waals surface area contributed by atoms with E-state index >= 15 is 0 Å². The second kappa shape index (κ2) is 59.1. The van der Waals surface area contributed by atoms with Crippen molar-refractivity contribution in [2.45, 2.75) is 250 Å². The van der Waals surface area contributed by atoms with Gasteiger partial charge in [0.05, 0.1) is 83.8 Å². The van der Waals surface area contributed by atoms with Crippen LogP contribution in [0.3, 0.4) is 0 Å². The van der Waals surface area contributed by atoms with Crippen molar-refractivity contribution in [3.63, 3.8) is 0 Å². The van der Waals surface area contributed by atoms with Crippen molar-refractivity contribution >= 4 is 55.1 Å². The normalized spacial score (nSPS) is 25.2. The molecule has 0 aromatic rings. The Kier molecular flexibility index (Phi) is 56.4. The van der Waals surface area contributed by atoms with Gasteiger partial charge in [-0.3, -0.25) is 47.4 Å². The van der Waals surface area contributed by atoms with Gasteiger partial charge < -0.3 is 132 Å². The molecule has 0 aromatic heterocycles. The highest BCUT2D eigenvalue weighted by molar-refractivity contribution is 7.47. The van der Waals surface area contributed by atoms with Gasteiger partial charge in [0.25, 0.3) is 0 Å². The lowest BCUT2D eigenvalue weighted by Gasteiger charge is -2.40. The molecule has 20 N–H and O–H groups in total. The number of rotatable bonds is 53. The highest BCUT2D eigenvalue weighted by Gasteiger charge is 2.45. The summed E-state index contributed by atoms with van der Waals surface area (Å²) in [6.07, 6.45) is -9.00. The Labute approximate surface area is 624 Å². The summed E-state index contributed by atoms with van der Waals surface area (Å²) in [5.74, 6) is -5.06. The number of carbonyl (C=O) groups excluding carboxylic acids is 8. The van der Waals surface area contributed by atoms with Crippen LogP contribution < -0.4 is 48.3 Å². The van der Waals surface area contributed by atoms with Crippen molar-refractivity contribution in [1.82, 2.24) is 42.5 Å². The molecule has 16 atom stereocenters. The van der Waals surface area contributed by atoms with Crippen LogP contribution in [-0.4, -0.2) is 297 Å². The van der Waals surface area contributed by atoms with Crippen molar-refractivity contribution in [2.75, 3.05) is 119 Å². The van der Waals surface area contributed by atoms with Gasteiger partial charge in [-0.05, 0) is 70.8 Å².